The Morgan fingerprint density at radius 2 is 1.89 bits per heavy atom. The Bertz CT molecular complexity index is 1720. The van der Waals surface area contributed by atoms with Crippen molar-refractivity contribution >= 4 is 27.5 Å². The largest absolute Gasteiger partial charge is 0.496 e. The number of benzene rings is 1. The summed E-state index contributed by atoms with van der Waals surface area (Å²) in [7, 11) is 1.60. The third-order valence-electron chi connectivity index (χ3n) is 8.35. The first-order valence-electron chi connectivity index (χ1n) is 15.1. The van der Waals surface area contributed by atoms with E-state index in [1.807, 2.05) is 38.1 Å². The Kier molecular flexibility index (Phi) is 9.66. The predicted octanol–water partition coefficient (Wildman–Crippen LogP) is 3.71. The fourth-order valence-corrected chi connectivity index (χ4v) is 6.87. The highest BCUT2D eigenvalue weighted by Gasteiger charge is 2.38. The first-order chi connectivity index (χ1) is 21.2. The lowest BCUT2D eigenvalue weighted by Crippen LogP contribution is -2.57. The van der Waals surface area contributed by atoms with Crippen LogP contribution >= 0.6 is 11.3 Å². The number of carbonyl (C=O) groups is 1. The number of fused-ring (bicyclic) bond motifs is 1. The molecule has 0 radical (unpaired) electrons. The Morgan fingerprint density at radius 1 is 1.18 bits per heavy atom. The van der Waals surface area contributed by atoms with Gasteiger partial charge in [-0.15, -0.1) is 4.80 Å². The van der Waals surface area contributed by atoms with Gasteiger partial charge in [0.15, 0.2) is 0 Å². The fraction of sp³-hybridized carbons (Fsp3) is 0.516. The maximum absolute atomic E-state index is 14.6. The predicted molar refractivity (Wildman–Crippen MR) is 168 cm³/mol. The van der Waals surface area contributed by atoms with Crippen molar-refractivity contribution in [3.63, 3.8) is 0 Å². The van der Waals surface area contributed by atoms with E-state index in [2.05, 4.69) is 15.5 Å². The van der Waals surface area contributed by atoms with Gasteiger partial charge in [-0.2, -0.15) is 10.2 Å². The third kappa shape index (κ3) is 5.83. The zero-order valence-corrected chi connectivity index (χ0v) is 26.7. The normalized spacial score (nSPS) is 16.1. The molecule has 0 aliphatic carbocycles. The summed E-state index contributed by atoms with van der Waals surface area (Å²) in [6.07, 6.45) is 4.80. The van der Waals surface area contributed by atoms with E-state index in [1.165, 1.54) is 16.1 Å². The molecular formula is C31H40N6O6S. The number of hydrogen-bond donors (Lipinski definition) is 1. The Labute approximate surface area is 259 Å². The summed E-state index contributed by atoms with van der Waals surface area (Å²) in [5.74, 6) is 0.247. The number of carbonyl (C=O) groups excluding carboxylic acids is 1. The van der Waals surface area contributed by atoms with Crippen LogP contribution in [0, 0.1) is 6.92 Å². The highest BCUT2D eigenvalue weighted by atomic mass is 32.1. The molecule has 5 rings (SSSR count). The van der Waals surface area contributed by atoms with Crippen LogP contribution in [0.4, 0.5) is 0 Å². The van der Waals surface area contributed by atoms with E-state index >= 15 is 0 Å². The summed E-state index contributed by atoms with van der Waals surface area (Å²) in [5, 5.41) is 12.4. The minimum absolute atomic E-state index is 0.0790. The van der Waals surface area contributed by atoms with Gasteiger partial charge in [0.1, 0.15) is 27.2 Å². The molecule has 44 heavy (non-hydrogen) atoms. The van der Waals surface area contributed by atoms with Gasteiger partial charge in [-0.3, -0.25) is 14.2 Å². The minimum atomic E-state index is -1.43. The van der Waals surface area contributed by atoms with Crippen LogP contribution in [-0.2, 0) is 26.4 Å². The lowest BCUT2D eigenvalue weighted by Gasteiger charge is -2.31. The molecule has 3 aromatic heterocycles. The van der Waals surface area contributed by atoms with Crippen molar-refractivity contribution in [1.29, 1.82) is 0 Å². The number of hydrogen-bond acceptors (Lipinski definition) is 9. The van der Waals surface area contributed by atoms with Crippen LogP contribution in [0.15, 0.2) is 46.2 Å². The second kappa shape index (κ2) is 13.4. The number of para-hydroxylation sites is 1. The lowest BCUT2D eigenvalue weighted by atomic mass is 9.96. The third-order valence-corrected chi connectivity index (χ3v) is 9.63. The molecule has 1 N–H and O–H groups in total. The molecule has 236 valence electrons. The SMILES string of the molecule is CCCNC(=O)C(C)(CC)n1c(=O)c2c(C)c(-n3nccn3)sc2n(C[C@H](OC2CCOCC2)c2ccccc2OC)c1=O. The molecule has 0 spiro atoms. The number of rotatable bonds is 12. The van der Waals surface area contributed by atoms with Crippen LogP contribution in [0.5, 0.6) is 5.75 Å². The number of ether oxygens (including phenoxy) is 3. The molecule has 1 fully saturated rings. The molecule has 4 aromatic rings. The van der Waals surface area contributed by atoms with Gasteiger partial charge < -0.3 is 19.5 Å². The van der Waals surface area contributed by atoms with Crippen molar-refractivity contribution in [1.82, 2.24) is 29.4 Å². The first-order valence-corrected chi connectivity index (χ1v) is 15.9. The molecule has 1 aliphatic rings. The molecule has 1 saturated heterocycles. The number of nitrogens with zero attached hydrogens (tertiary/aromatic N) is 5. The van der Waals surface area contributed by atoms with Crippen LogP contribution in [0.1, 0.15) is 63.7 Å². The standard InChI is InChI=1S/C31H40N6O6S/c1-6-14-32-29(39)31(4,7-2)36-26(38)25-20(3)27(37-33-15-16-34-37)44-28(25)35(30(36)40)19-24(43-21-12-17-42-18-13-21)22-10-8-9-11-23(22)41-5/h8-11,15-16,21,24H,6-7,12-14,17-19H2,1-5H3,(H,32,39)/t24-,31?/m0/s1. The van der Waals surface area contributed by atoms with Gasteiger partial charge in [0.05, 0.1) is 37.5 Å². The summed E-state index contributed by atoms with van der Waals surface area (Å²) in [4.78, 5) is 44.4. The number of methoxy groups -OCH3 is 1. The molecule has 13 heteroatoms. The van der Waals surface area contributed by atoms with Crippen molar-refractivity contribution in [2.24, 2.45) is 0 Å². The number of aryl methyl sites for hydroxylation is 1. The van der Waals surface area contributed by atoms with Crippen molar-refractivity contribution < 1.29 is 19.0 Å². The molecule has 1 unspecified atom stereocenters. The second-order valence-electron chi connectivity index (χ2n) is 11.1. The van der Waals surface area contributed by atoms with E-state index in [0.717, 1.165) is 16.6 Å². The average Bonchev–Trinajstić information content (AvgIpc) is 3.69. The molecule has 0 saturated carbocycles. The molecule has 1 aliphatic heterocycles. The van der Waals surface area contributed by atoms with Gasteiger partial charge in [0.2, 0.25) is 5.91 Å². The average molecular weight is 625 g/mol. The zero-order valence-electron chi connectivity index (χ0n) is 25.9. The van der Waals surface area contributed by atoms with Crippen LogP contribution in [0.25, 0.3) is 15.2 Å². The van der Waals surface area contributed by atoms with Crippen molar-refractivity contribution in [2.45, 2.75) is 77.7 Å². The number of aromatic nitrogens is 5. The molecule has 2 atom stereocenters. The second-order valence-corrected chi connectivity index (χ2v) is 12.1. The molecule has 0 bridgehead atoms. The quantitative estimate of drug-likeness (QED) is 0.252. The van der Waals surface area contributed by atoms with Crippen molar-refractivity contribution in [3.8, 4) is 10.8 Å². The Morgan fingerprint density at radius 3 is 2.55 bits per heavy atom. The van der Waals surface area contributed by atoms with Gasteiger partial charge in [-0.1, -0.05) is 43.4 Å². The van der Waals surface area contributed by atoms with Gasteiger partial charge in [0, 0.05) is 30.9 Å². The monoisotopic (exact) mass is 624 g/mol. The first kappa shape index (κ1) is 31.6. The minimum Gasteiger partial charge on any atom is -0.496 e. The van der Waals surface area contributed by atoms with Gasteiger partial charge in [-0.05, 0) is 45.6 Å². The summed E-state index contributed by atoms with van der Waals surface area (Å²) in [5.41, 5.74) is -1.14. The highest BCUT2D eigenvalue weighted by Crippen LogP contribution is 2.35. The molecule has 1 amide bonds. The summed E-state index contributed by atoms with van der Waals surface area (Å²) >= 11 is 1.26. The maximum Gasteiger partial charge on any atom is 0.333 e. The summed E-state index contributed by atoms with van der Waals surface area (Å²) < 4.78 is 20.7. The van der Waals surface area contributed by atoms with E-state index in [0.29, 0.717) is 59.1 Å². The molecule has 1 aromatic carbocycles. The summed E-state index contributed by atoms with van der Waals surface area (Å²) in [6, 6.07) is 7.57. The van der Waals surface area contributed by atoms with Crippen LogP contribution in [0.3, 0.4) is 0 Å². The van der Waals surface area contributed by atoms with E-state index in [1.54, 1.807) is 37.9 Å². The van der Waals surface area contributed by atoms with E-state index in [9.17, 15) is 14.4 Å². The van der Waals surface area contributed by atoms with Gasteiger partial charge in [-0.25, -0.2) is 9.36 Å². The molecule has 12 nitrogen and oxygen atoms in total. The van der Waals surface area contributed by atoms with Crippen molar-refractivity contribution in [3.05, 3.63) is 68.6 Å². The van der Waals surface area contributed by atoms with E-state index in [4.69, 9.17) is 14.2 Å². The number of thiophene rings is 1. The van der Waals surface area contributed by atoms with E-state index < -0.39 is 22.9 Å². The van der Waals surface area contributed by atoms with Gasteiger partial charge in [0.25, 0.3) is 5.56 Å². The number of amides is 1. The molecule has 4 heterocycles. The number of nitrogens with one attached hydrogen (secondary N) is 1. The molecular weight excluding hydrogens is 584 g/mol. The van der Waals surface area contributed by atoms with Crippen LogP contribution in [-0.4, -0.2) is 63.0 Å². The van der Waals surface area contributed by atoms with Gasteiger partial charge >= 0.3 is 5.69 Å². The van der Waals surface area contributed by atoms with E-state index in [-0.39, 0.29) is 25.0 Å². The maximum atomic E-state index is 14.6. The zero-order chi connectivity index (χ0) is 31.4. The van der Waals surface area contributed by atoms with Crippen LogP contribution < -0.4 is 21.3 Å². The smallest absolute Gasteiger partial charge is 0.333 e. The van der Waals surface area contributed by atoms with Crippen LogP contribution in [0.2, 0.25) is 0 Å². The lowest BCUT2D eigenvalue weighted by molar-refractivity contribution is -0.129. The topological polar surface area (TPSA) is 132 Å². The fourth-order valence-electron chi connectivity index (χ4n) is 5.65. The summed E-state index contributed by atoms with van der Waals surface area (Å²) in [6.45, 7) is 8.90. The highest BCUT2D eigenvalue weighted by molar-refractivity contribution is 7.21. The van der Waals surface area contributed by atoms with Crippen molar-refractivity contribution in [2.75, 3.05) is 26.9 Å². The Balaban J connectivity index is 1.76. The Hall–Kier alpha value is -3.81.